The first-order valence-electron chi connectivity index (χ1n) is 6.18. The van der Waals surface area contributed by atoms with Crippen LogP contribution < -0.4 is 5.32 Å². The van der Waals surface area contributed by atoms with Crippen molar-refractivity contribution in [2.75, 3.05) is 19.6 Å². The second kappa shape index (κ2) is 4.23. The summed E-state index contributed by atoms with van der Waals surface area (Å²) in [7, 11) is 0. The minimum atomic E-state index is -4.36. The number of fused-ring (bicyclic) bond motifs is 2. The summed E-state index contributed by atoms with van der Waals surface area (Å²) in [6.07, 6.45) is -3.88. The summed E-state index contributed by atoms with van der Waals surface area (Å²) in [6, 6.07) is 3.37. The minimum Gasteiger partial charge on any atom is -0.333 e. The highest BCUT2D eigenvalue weighted by atomic mass is 19.4. The fourth-order valence-corrected chi connectivity index (χ4v) is 2.77. The van der Waals surface area contributed by atoms with Gasteiger partial charge in [0, 0.05) is 31.2 Å². The Hall–Kier alpha value is -1.56. The van der Waals surface area contributed by atoms with Gasteiger partial charge in [0.2, 0.25) is 0 Å². The molecule has 1 N–H and O–H groups in total. The Labute approximate surface area is 108 Å². The van der Waals surface area contributed by atoms with Crippen LogP contribution in [0, 0.1) is 0 Å². The fourth-order valence-electron chi connectivity index (χ4n) is 2.77. The second-order valence-corrected chi connectivity index (χ2v) is 4.93. The van der Waals surface area contributed by atoms with Crippen molar-refractivity contribution < 1.29 is 18.0 Å². The highest BCUT2D eigenvalue weighted by Gasteiger charge is 2.36. The predicted molar refractivity (Wildman–Crippen MR) is 62.8 cm³/mol. The van der Waals surface area contributed by atoms with E-state index in [-0.39, 0.29) is 11.9 Å². The van der Waals surface area contributed by atoms with Crippen molar-refractivity contribution in [1.82, 2.24) is 10.2 Å². The number of nitrogens with one attached hydrogen (secondary N) is 1. The maximum absolute atomic E-state index is 12.7. The molecule has 6 heteroatoms. The molecule has 0 spiro atoms. The van der Waals surface area contributed by atoms with Crippen LogP contribution in [-0.2, 0) is 12.6 Å². The molecule has 1 amide bonds. The zero-order valence-electron chi connectivity index (χ0n) is 10.1. The summed E-state index contributed by atoms with van der Waals surface area (Å²) in [5.41, 5.74) is 0.229. The molecule has 1 atom stereocenters. The average Bonchev–Trinajstić information content (AvgIpc) is 2.37. The van der Waals surface area contributed by atoms with E-state index in [1.807, 2.05) is 0 Å². The number of benzene rings is 1. The first kappa shape index (κ1) is 12.5. The van der Waals surface area contributed by atoms with Crippen molar-refractivity contribution in [3.63, 3.8) is 0 Å². The zero-order valence-corrected chi connectivity index (χ0v) is 10.1. The number of halogens is 3. The van der Waals surface area contributed by atoms with Crippen molar-refractivity contribution in [2.24, 2.45) is 0 Å². The minimum absolute atomic E-state index is 0.0303. The molecule has 3 nitrogen and oxygen atoms in total. The van der Waals surface area contributed by atoms with E-state index in [9.17, 15) is 18.0 Å². The number of nitrogens with zero attached hydrogens (tertiary/aromatic N) is 1. The SMILES string of the molecule is O=C1c2ccc(C(F)(F)F)cc2C[C@@H]2CNCCN12. The number of hydrogen-bond acceptors (Lipinski definition) is 2. The standard InChI is InChI=1S/C13H13F3N2O/c14-13(15,16)9-1-2-11-8(5-9)6-10-7-17-3-4-18(10)12(11)19/h1-2,5,10,17H,3-4,6-7H2/t10-/m1/s1. The normalized spacial score (nSPS) is 23.0. The van der Waals surface area contributed by atoms with Gasteiger partial charge in [0.25, 0.3) is 5.91 Å². The van der Waals surface area contributed by atoms with Gasteiger partial charge in [-0.15, -0.1) is 0 Å². The van der Waals surface area contributed by atoms with Crippen molar-refractivity contribution in [2.45, 2.75) is 18.6 Å². The van der Waals surface area contributed by atoms with E-state index >= 15 is 0 Å². The van der Waals surface area contributed by atoms with Gasteiger partial charge in [-0.05, 0) is 30.2 Å². The van der Waals surface area contributed by atoms with Crippen LogP contribution >= 0.6 is 0 Å². The molecule has 102 valence electrons. The number of alkyl halides is 3. The molecule has 1 saturated heterocycles. The maximum Gasteiger partial charge on any atom is 0.416 e. The molecular formula is C13H13F3N2O. The number of rotatable bonds is 0. The molecule has 0 aliphatic carbocycles. The lowest BCUT2D eigenvalue weighted by molar-refractivity contribution is -0.137. The molecule has 19 heavy (non-hydrogen) atoms. The van der Waals surface area contributed by atoms with E-state index in [0.29, 0.717) is 30.6 Å². The topological polar surface area (TPSA) is 32.3 Å². The quantitative estimate of drug-likeness (QED) is 0.778. The third kappa shape index (κ3) is 2.10. The van der Waals surface area contributed by atoms with Crippen LogP contribution in [0.4, 0.5) is 13.2 Å². The molecule has 0 unspecified atom stereocenters. The first-order chi connectivity index (χ1) is 8.97. The number of hydrogen-bond donors (Lipinski definition) is 1. The van der Waals surface area contributed by atoms with E-state index in [2.05, 4.69) is 5.32 Å². The third-order valence-corrected chi connectivity index (χ3v) is 3.73. The molecule has 1 aromatic carbocycles. The summed E-state index contributed by atoms with van der Waals surface area (Å²) < 4.78 is 38.0. The van der Waals surface area contributed by atoms with Crippen LogP contribution in [0.5, 0.6) is 0 Å². The highest BCUT2D eigenvalue weighted by molar-refractivity contribution is 5.97. The van der Waals surface area contributed by atoms with Crippen LogP contribution in [0.2, 0.25) is 0 Å². The van der Waals surface area contributed by atoms with Gasteiger partial charge in [-0.25, -0.2) is 0 Å². The van der Waals surface area contributed by atoms with Crippen LogP contribution in [0.3, 0.4) is 0 Å². The molecule has 2 aliphatic heterocycles. The fraction of sp³-hybridized carbons (Fsp3) is 0.462. The largest absolute Gasteiger partial charge is 0.416 e. The van der Waals surface area contributed by atoms with Crippen LogP contribution in [-0.4, -0.2) is 36.5 Å². The van der Waals surface area contributed by atoms with Gasteiger partial charge < -0.3 is 10.2 Å². The molecule has 0 saturated carbocycles. The number of carbonyl (C=O) groups is 1. The Morgan fingerprint density at radius 2 is 2.11 bits per heavy atom. The maximum atomic E-state index is 12.7. The lowest BCUT2D eigenvalue weighted by Gasteiger charge is -2.40. The number of amides is 1. The molecule has 0 aromatic heterocycles. The van der Waals surface area contributed by atoms with Gasteiger partial charge in [-0.1, -0.05) is 0 Å². The Morgan fingerprint density at radius 3 is 2.84 bits per heavy atom. The van der Waals surface area contributed by atoms with Crippen LogP contribution in [0.1, 0.15) is 21.5 Å². The molecule has 0 bridgehead atoms. The monoisotopic (exact) mass is 270 g/mol. The molecule has 1 aromatic rings. The zero-order chi connectivity index (χ0) is 13.6. The Balaban J connectivity index is 2.00. The molecule has 2 aliphatic rings. The van der Waals surface area contributed by atoms with Crippen LogP contribution in [0.15, 0.2) is 18.2 Å². The molecular weight excluding hydrogens is 257 g/mol. The van der Waals surface area contributed by atoms with Crippen molar-refractivity contribution in [1.29, 1.82) is 0 Å². The average molecular weight is 270 g/mol. The van der Waals surface area contributed by atoms with Gasteiger partial charge in [0.05, 0.1) is 5.56 Å². The van der Waals surface area contributed by atoms with Gasteiger partial charge in [0.15, 0.2) is 0 Å². The predicted octanol–water partition coefficient (Wildman–Crippen LogP) is 1.68. The van der Waals surface area contributed by atoms with E-state index in [1.54, 1.807) is 4.90 Å². The van der Waals surface area contributed by atoms with Crippen molar-refractivity contribution >= 4 is 5.91 Å². The summed E-state index contributed by atoms with van der Waals surface area (Å²) in [4.78, 5) is 14.0. The number of carbonyl (C=O) groups excluding carboxylic acids is 1. The lowest BCUT2D eigenvalue weighted by Crippen LogP contribution is -2.56. The smallest absolute Gasteiger partial charge is 0.333 e. The molecule has 2 heterocycles. The summed E-state index contributed by atoms with van der Waals surface area (Å²) in [5.74, 6) is -0.151. The van der Waals surface area contributed by atoms with Crippen molar-refractivity contribution in [3.05, 3.63) is 34.9 Å². The molecule has 3 rings (SSSR count). The van der Waals surface area contributed by atoms with E-state index in [4.69, 9.17) is 0 Å². The first-order valence-corrected chi connectivity index (χ1v) is 6.18. The van der Waals surface area contributed by atoms with Gasteiger partial charge in [0.1, 0.15) is 0 Å². The second-order valence-electron chi connectivity index (χ2n) is 4.93. The Morgan fingerprint density at radius 1 is 1.32 bits per heavy atom. The van der Waals surface area contributed by atoms with Crippen molar-refractivity contribution in [3.8, 4) is 0 Å². The van der Waals surface area contributed by atoms with Gasteiger partial charge in [-0.3, -0.25) is 4.79 Å². The summed E-state index contributed by atoms with van der Waals surface area (Å²) in [6.45, 7) is 1.99. The summed E-state index contributed by atoms with van der Waals surface area (Å²) >= 11 is 0. The van der Waals surface area contributed by atoms with Crippen LogP contribution in [0.25, 0.3) is 0 Å². The third-order valence-electron chi connectivity index (χ3n) is 3.73. The molecule has 1 fully saturated rings. The highest BCUT2D eigenvalue weighted by Crippen LogP contribution is 2.33. The van der Waals surface area contributed by atoms with Gasteiger partial charge >= 0.3 is 6.18 Å². The van der Waals surface area contributed by atoms with E-state index < -0.39 is 11.7 Å². The van der Waals surface area contributed by atoms with E-state index in [0.717, 1.165) is 18.7 Å². The Bertz CT molecular complexity index is 527. The van der Waals surface area contributed by atoms with Gasteiger partial charge in [-0.2, -0.15) is 13.2 Å². The Kier molecular flexibility index (Phi) is 2.78. The molecule has 0 radical (unpaired) electrons. The van der Waals surface area contributed by atoms with E-state index in [1.165, 1.54) is 6.07 Å². The number of piperazine rings is 1. The summed E-state index contributed by atoms with van der Waals surface area (Å²) in [5, 5.41) is 3.16. The lowest BCUT2D eigenvalue weighted by atomic mass is 9.90.